The zero-order valence-electron chi connectivity index (χ0n) is 15.3. The van der Waals surface area contributed by atoms with Gasteiger partial charge in [0.05, 0.1) is 11.2 Å². The number of hydrogen-bond donors (Lipinski definition) is 0. The molecule has 1 fully saturated rings. The average Bonchev–Trinajstić information content (AvgIpc) is 3.47. The number of aromatic nitrogens is 3. The van der Waals surface area contributed by atoms with Gasteiger partial charge in [0.1, 0.15) is 12.0 Å². The van der Waals surface area contributed by atoms with Gasteiger partial charge in [-0.3, -0.25) is 4.79 Å². The number of alkyl halides is 3. The van der Waals surface area contributed by atoms with Crippen molar-refractivity contribution in [2.75, 3.05) is 13.1 Å². The molecule has 0 N–H and O–H groups in total. The summed E-state index contributed by atoms with van der Waals surface area (Å²) >= 11 is 1.57. The number of pyridine rings is 1. The van der Waals surface area contributed by atoms with Crippen LogP contribution >= 0.6 is 11.3 Å². The van der Waals surface area contributed by atoms with Crippen molar-refractivity contribution in [3.8, 4) is 11.6 Å². The Morgan fingerprint density at radius 2 is 2.20 bits per heavy atom. The maximum atomic E-state index is 12.6. The van der Waals surface area contributed by atoms with E-state index in [1.807, 2.05) is 5.38 Å². The van der Waals surface area contributed by atoms with E-state index in [9.17, 15) is 18.0 Å². The Bertz CT molecular complexity index is 992. The van der Waals surface area contributed by atoms with Gasteiger partial charge in [0, 0.05) is 36.7 Å². The predicted molar refractivity (Wildman–Crippen MR) is 97.1 cm³/mol. The summed E-state index contributed by atoms with van der Waals surface area (Å²) in [5.41, 5.74) is 0.167. The number of ether oxygens (including phenoxy) is 2. The van der Waals surface area contributed by atoms with Crippen LogP contribution in [0.15, 0.2) is 40.6 Å². The van der Waals surface area contributed by atoms with E-state index < -0.39 is 12.2 Å². The molecule has 0 aromatic carbocycles. The van der Waals surface area contributed by atoms with E-state index in [2.05, 4.69) is 19.7 Å². The Balaban J connectivity index is 1.30. The van der Waals surface area contributed by atoms with Crippen LogP contribution in [0.1, 0.15) is 33.7 Å². The quantitative estimate of drug-likeness (QED) is 0.578. The fourth-order valence-corrected chi connectivity index (χ4v) is 3.76. The standard InChI is InChI=1S/C18H15F3N4O4S/c19-18(20,21)29-14-2-1-12(7-23-14)27-10-15-24-13(9-28-15)17(26)25-5-3-11(8-25)16-22-4-6-30-16/h1-2,4,6-7,9,11H,3,5,8,10H2. The predicted octanol–water partition coefficient (Wildman–Crippen LogP) is 3.63. The topological polar surface area (TPSA) is 90.6 Å². The molecule has 30 heavy (non-hydrogen) atoms. The second kappa shape index (κ2) is 8.30. The third kappa shape index (κ3) is 4.87. The molecule has 1 aliphatic heterocycles. The molecule has 1 atom stereocenters. The van der Waals surface area contributed by atoms with Crippen molar-refractivity contribution in [1.29, 1.82) is 0 Å². The molecule has 1 aliphatic rings. The maximum Gasteiger partial charge on any atom is 0.574 e. The minimum atomic E-state index is -4.81. The summed E-state index contributed by atoms with van der Waals surface area (Å²) < 4.78 is 50.7. The molecule has 0 radical (unpaired) electrons. The fourth-order valence-electron chi connectivity index (χ4n) is 3.00. The molecule has 1 saturated heterocycles. The molecule has 0 bridgehead atoms. The highest BCUT2D eigenvalue weighted by Crippen LogP contribution is 2.29. The third-order valence-electron chi connectivity index (χ3n) is 4.34. The molecule has 4 heterocycles. The van der Waals surface area contributed by atoms with Crippen molar-refractivity contribution in [2.24, 2.45) is 0 Å². The van der Waals surface area contributed by atoms with Crippen molar-refractivity contribution in [2.45, 2.75) is 25.3 Å². The van der Waals surface area contributed by atoms with Crippen LogP contribution in [-0.4, -0.2) is 45.2 Å². The first kappa shape index (κ1) is 20.1. The van der Waals surface area contributed by atoms with Crippen molar-refractivity contribution in [3.05, 3.63) is 52.8 Å². The lowest BCUT2D eigenvalue weighted by atomic mass is 10.1. The molecular formula is C18H15F3N4O4S. The van der Waals surface area contributed by atoms with Gasteiger partial charge in [0.15, 0.2) is 12.3 Å². The normalized spacial score (nSPS) is 16.6. The Hall–Kier alpha value is -3.15. The zero-order valence-corrected chi connectivity index (χ0v) is 16.2. The molecule has 12 heteroatoms. The van der Waals surface area contributed by atoms with E-state index in [-0.39, 0.29) is 35.8 Å². The van der Waals surface area contributed by atoms with Gasteiger partial charge in [0.25, 0.3) is 5.91 Å². The van der Waals surface area contributed by atoms with Crippen LogP contribution in [0.3, 0.4) is 0 Å². The molecule has 1 unspecified atom stereocenters. The second-order valence-corrected chi connectivity index (χ2v) is 7.33. The van der Waals surface area contributed by atoms with Crippen molar-refractivity contribution in [1.82, 2.24) is 19.9 Å². The first-order valence-corrected chi connectivity index (χ1v) is 9.73. The van der Waals surface area contributed by atoms with Crippen molar-refractivity contribution < 1.29 is 31.9 Å². The van der Waals surface area contributed by atoms with Gasteiger partial charge in [-0.1, -0.05) is 0 Å². The van der Waals surface area contributed by atoms with Gasteiger partial charge in [-0.2, -0.15) is 0 Å². The summed E-state index contributed by atoms with van der Waals surface area (Å²) in [6.07, 6.45) is 0.121. The number of carbonyl (C=O) groups is 1. The molecule has 3 aromatic heterocycles. The third-order valence-corrected chi connectivity index (χ3v) is 5.28. The Kier molecular flexibility index (Phi) is 5.57. The van der Waals surface area contributed by atoms with Crippen LogP contribution in [0.25, 0.3) is 0 Å². The summed E-state index contributed by atoms with van der Waals surface area (Å²) in [5.74, 6) is -0.258. The van der Waals surface area contributed by atoms with Crippen LogP contribution in [0.4, 0.5) is 13.2 Å². The Morgan fingerprint density at radius 3 is 2.90 bits per heavy atom. The largest absolute Gasteiger partial charge is 0.574 e. The van der Waals surface area contributed by atoms with Crippen LogP contribution < -0.4 is 9.47 Å². The van der Waals surface area contributed by atoms with Gasteiger partial charge < -0.3 is 18.8 Å². The molecule has 8 nitrogen and oxygen atoms in total. The summed E-state index contributed by atoms with van der Waals surface area (Å²) in [6.45, 7) is 1.07. The summed E-state index contributed by atoms with van der Waals surface area (Å²) in [7, 11) is 0. The van der Waals surface area contributed by atoms with Crippen LogP contribution in [-0.2, 0) is 6.61 Å². The first-order chi connectivity index (χ1) is 14.4. The highest BCUT2D eigenvalue weighted by atomic mass is 32.1. The van der Waals surface area contributed by atoms with E-state index in [0.717, 1.165) is 23.7 Å². The van der Waals surface area contributed by atoms with Gasteiger partial charge in [-0.05, 0) is 12.5 Å². The summed E-state index contributed by atoms with van der Waals surface area (Å²) in [5, 5.41) is 2.93. The maximum absolute atomic E-state index is 12.6. The Morgan fingerprint density at radius 1 is 1.33 bits per heavy atom. The van der Waals surface area contributed by atoms with Gasteiger partial charge in [0.2, 0.25) is 11.8 Å². The van der Waals surface area contributed by atoms with Crippen LogP contribution in [0.5, 0.6) is 11.6 Å². The number of amides is 1. The number of likely N-dealkylation sites (tertiary alicyclic amines) is 1. The number of thiazole rings is 1. The number of rotatable bonds is 6. The molecule has 1 amide bonds. The lowest BCUT2D eigenvalue weighted by Gasteiger charge is -2.14. The molecule has 0 spiro atoms. The van der Waals surface area contributed by atoms with Gasteiger partial charge in [-0.25, -0.2) is 15.0 Å². The van der Waals surface area contributed by atoms with E-state index in [1.54, 1.807) is 22.4 Å². The van der Waals surface area contributed by atoms with Crippen molar-refractivity contribution in [3.63, 3.8) is 0 Å². The van der Waals surface area contributed by atoms with Gasteiger partial charge >= 0.3 is 6.36 Å². The van der Waals surface area contributed by atoms with Crippen molar-refractivity contribution >= 4 is 17.2 Å². The van der Waals surface area contributed by atoms with E-state index in [4.69, 9.17) is 9.15 Å². The smallest absolute Gasteiger partial charge is 0.482 e. The highest BCUT2D eigenvalue weighted by molar-refractivity contribution is 7.09. The SMILES string of the molecule is O=C(c1coc(COc2ccc(OC(F)(F)F)nc2)n1)N1CCC(c2nccs2)C1. The van der Waals surface area contributed by atoms with E-state index >= 15 is 0 Å². The number of carbonyl (C=O) groups excluding carboxylic acids is 1. The lowest BCUT2D eigenvalue weighted by molar-refractivity contribution is -0.276. The molecular weight excluding hydrogens is 425 g/mol. The average molecular weight is 440 g/mol. The molecule has 4 rings (SSSR count). The Labute approximate surface area is 172 Å². The highest BCUT2D eigenvalue weighted by Gasteiger charge is 2.32. The van der Waals surface area contributed by atoms with E-state index in [1.165, 1.54) is 12.3 Å². The molecule has 3 aromatic rings. The van der Waals surface area contributed by atoms with E-state index in [0.29, 0.717) is 13.1 Å². The molecule has 0 aliphatic carbocycles. The molecule has 0 saturated carbocycles. The van der Waals surface area contributed by atoms with Crippen LogP contribution in [0, 0.1) is 0 Å². The number of nitrogens with zero attached hydrogens (tertiary/aromatic N) is 4. The minimum Gasteiger partial charge on any atom is -0.482 e. The number of hydrogen-bond acceptors (Lipinski definition) is 8. The second-order valence-electron chi connectivity index (χ2n) is 6.40. The number of halogens is 3. The zero-order chi connectivity index (χ0) is 21.1. The minimum absolute atomic E-state index is 0.115. The summed E-state index contributed by atoms with van der Waals surface area (Å²) in [6, 6.07) is 2.30. The lowest BCUT2D eigenvalue weighted by Crippen LogP contribution is -2.28. The monoisotopic (exact) mass is 440 g/mol. The summed E-state index contributed by atoms with van der Waals surface area (Å²) in [4.78, 5) is 26.3. The van der Waals surface area contributed by atoms with Crippen LogP contribution in [0.2, 0.25) is 0 Å². The number of oxazole rings is 1. The van der Waals surface area contributed by atoms with Gasteiger partial charge in [-0.15, -0.1) is 24.5 Å². The first-order valence-electron chi connectivity index (χ1n) is 8.85. The fraction of sp³-hybridized carbons (Fsp3) is 0.333. The molecule has 158 valence electrons.